The Kier molecular flexibility index (Phi) is 5.65. The molecular weight excluding hydrogens is 416 g/mol. The Morgan fingerprint density at radius 3 is 2.29 bits per heavy atom. The molecule has 9 nitrogen and oxygen atoms in total. The maximum absolute atomic E-state index is 12.8. The van der Waals surface area contributed by atoms with Crippen LogP contribution in [-0.4, -0.2) is 40.4 Å². The Labute approximate surface area is 179 Å². The van der Waals surface area contributed by atoms with E-state index in [0.717, 1.165) is 11.3 Å². The molecule has 4 aromatic rings. The van der Waals surface area contributed by atoms with Gasteiger partial charge in [0.05, 0.1) is 10.6 Å². The predicted molar refractivity (Wildman–Crippen MR) is 115 cm³/mol. The Bertz CT molecular complexity index is 1280. The fraction of sp³-hybridized carbons (Fsp3) is 0.0952. The number of hydrogen-bond donors (Lipinski definition) is 2. The lowest BCUT2D eigenvalue weighted by molar-refractivity contribution is 0.0949. The van der Waals surface area contributed by atoms with Crippen molar-refractivity contribution in [2.45, 2.75) is 11.3 Å². The van der Waals surface area contributed by atoms with E-state index in [9.17, 15) is 13.2 Å². The molecule has 0 aliphatic carbocycles. The number of nitrogens with one attached hydrogen (secondary N) is 1. The minimum atomic E-state index is -3.73. The van der Waals surface area contributed by atoms with Crippen molar-refractivity contribution in [1.82, 2.24) is 24.9 Å². The number of carbonyl (C=O) groups is 1. The van der Waals surface area contributed by atoms with Gasteiger partial charge in [-0.1, -0.05) is 35.5 Å². The van der Waals surface area contributed by atoms with Crippen LogP contribution in [0.1, 0.15) is 16.1 Å². The molecule has 31 heavy (non-hydrogen) atoms. The minimum absolute atomic E-state index is 0.0502. The molecule has 0 radical (unpaired) electrons. The Morgan fingerprint density at radius 1 is 0.968 bits per heavy atom. The lowest BCUT2D eigenvalue weighted by Crippen LogP contribution is -2.27. The van der Waals surface area contributed by atoms with Gasteiger partial charge in [0.1, 0.15) is 0 Å². The van der Waals surface area contributed by atoms with Gasteiger partial charge in [0.25, 0.3) is 5.91 Å². The van der Waals surface area contributed by atoms with Crippen LogP contribution in [0, 0.1) is 0 Å². The van der Waals surface area contributed by atoms with E-state index in [0.29, 0.717) is 18.8 Å². The summed E-state index contributed by atoms with van der Waals surface area (Å²) in [6.45, 7) is 0.344. The quantitative estimate of drug-likeness (QED) is 0.456. The van der Waals surface area contributed by atoms with Crippen LogP contribution in [0.25, 0.3) is 11.5 Å². The Balaban J connectivity index is 1.51. The normalized spacial score (nSPS) is 11.4. The maximum atomic E-state index is 12.8. The fourth-order valence-corrected chi connectivity index (χ4v) is 3.64. The van der Waals surface area contributed by atoms with E-state index in [2.05, 4.69) is 15.6 Å². The Morgan fingerprint density at radius 2 is 1.65 bits per heavy atom. The zero-order valence-electron chi connectivity index (χ0n) is 16.4. The molecule has 0 spiro atoms. The number of primary sulfonamides is 1. The van der Waals surface area contributed by atoms with Crippen molar-refractivity contribution in [3.8, 4) is 11.5 Å². The van der Waals surface area contributed by atoms with Crippen molar-refractivity contribution in [3.05, 3.63) is 90.4 Å². The zero-order valence-corrected chi connectivity index (χ0v) is 17.2. The number of rotatable bonds is 7. The molecule has 0 aliphatic heterocycles. The third-order valence-electron chi connectivity index (χ3n) is 4.66. The second-order valence-corrected chi connectivity index (χ2v) is 8.36. The highest BCUT2D eigenvalue weighted by Crippen LogP contribution is 2.18. The lowest BCUT2D eigenvalue weighted by Gasteiger charge is -2.09. The molecule has 0 atom stereocenters. The summed E-state index contributed by atoms with van der Waals surface area (Å²) in [5.41, 5.74) is 1.85. The van der Waals surface area contributed by atoms with Crippen molar-refractivity contribution in [2.75, 3.05) is 6.54 Å². The first kappa shape index (κ1) is 20.5. The van der Waals surface area contributed by atoms with E-state index in [4.69, 9.17) is 5.14 Å². The number of benzene rings is 2. The van der Waals surface area contributed by atoms with E-state index in [1.165, 1.54) is 12.1 Å². The fourth-order valence-electron chi connectivity index (χ4n) is 3.12. The van der Waals surface area contributed by atoms with Crippen LogP contribution < -0.4 is 10.5 Å². The lowest BCUT2D eigenvalue weighted by atomic mass is 10.1. The molecule has 2 aromatic carbocycles. The van der Waals surface area contributed by atoms with E-state index >= 15 is 0 Å². The van der Waals surface area contributed by atoms with E-state index in [1.807, 2.05) is 54.9 Å². The third kappa shape index (κ3) is 4.55. The standard InChI is InChI=1S/C21H20N6O3S/c22-31(29,30)18-10-8-16(9-11-18)12-13-23-20(28)19-21(26-14-4-5-15-26)27(25-24-19)17-6-2-1-3-7-17/h1-11,14-15H,12-13H2,(H,23,28)(H2,22,29,30). The molecule has 2 heterocycles. The van der Waals surface area contributed by atoms with E-state index < -0.39 is 10.0 Å². The van der Waals surface area contributed by atoms with Crippen molar-refractivity contribution in [1.29, 1.82) is 0 Å². The molecule has 0 saturated carbocycles. The number of carbonyl (C=O) groups excluding carboxylic acids is 1. The number of aromatic nitrogens is 4. The molecule has 0 unspecified atom stereocenters. The van der Waals surface area contributed by atoms with Crippen LogP contribution in [0.15, 0.2) is 84.0 Å². The summed E-state index contributed by atoms with van der Waals surface area (Å²) < 4.78 is 26.1. The topological polar surface area (TPSA) is 125 Å². The highest BCUT2D eigenvalue weighted by Gasteiger charge is 2.21. The molecule has 4 rings (SSSR count). The SMILES string of the molecule is NS(=O)(=O)c1ccc(CCNC(=O)c2nnn(-c3ccccc3)c2-n2cccc2)cc1. The maximum Gasteiger partial charge on any atom is 0.275 e. The van der Waals surface area contributed by atoms with Gasteiger partial charge in [-0.15, -0.1) is 5.10 Å². The van der Waals surface area contributed by atoms with Crippen LogP contribution in [0.5, 0.6) is 0 Å². The van der Waals surface area contributed by atoms with Crippen LogP contribution in [0.4, 0.5) is 0 Å². The molecule has 10 heteroatoms. The average Bonchev–Trinajstić information content (AvgIpc) is 3.44. The number of nitrogens with two attached hydrogens (primary N) is 1. The summed E-state index contributed by atoms with van der Waals surface area (Å²) in [7, 11) is -3.73. The van der Waals surface area contributed by atoms with Gasteiger partial charge in [-0.2, -0.15) is 4.68 Å². The van der Waals surface area contributed by atoms with Gasteiger partial charge in [0.2, 0.25) is 10.0 Å². The average molecular weight is 436 g/mol. The zero-order chi connectivity index (χ0) is 21.8. The number of amides is 1. The molecule has 0 aliphatic rings. The summed E-state index contributed by atoms with van der Waals surface area (Å²) >= 11 is 0. The monoisotopic (exact) mass is 436 g/mol. The smallest absolute Gasteiger partial charge is 0.275 e. The molecule has 1 amide bonds. The van der Waals surface area contributed by atoms with Crippen molar-refractivity contribution in [3.63, 3.8) is 0 Å². The van der Waals surface area contributed by atoms with Crippen molar-refractivity contribution < 1.29 is 13.2 Å². The molecule has 158 valence electrons. The molecule has 0 fully saturated rings. The largest absolute Gasteiger partial charge is 0.350 e. The van der Waals surface area contributed by atoms with Gasteiger partial charge in [0, 0.05) is 18.9 Å². The van der Waals surface area contributed by atoms with Crippen LogP contribution >= 0.6 is 0 Å². The van der Waals surface area contributed by atoms with Crippen LogP contribution in [0.2, 0.25) is 0 Å². The molecule has 0 saturated heterocycles. The molecule has 0 bridgehead atoms. The molecular formula is C21H20N6O3S. The Hall–Kier alpha value is -3.76. The molecule has 3 N–H and O–H groups in total. The van der Waals surface area contributed by atoms with Crippen molar-refractivity contribution >= 4 is 15.9 Å². The van der Waals surface area contributed by atoms with Gasteiger partial charge >= 0.3 is 0 Å². The molecule has 2 aromatic heterocycles. The first-order chi connectivity index (χ1) is 14.9. The summed E-state index contributed by atoms with van der Waals surface area (Å²) in [5, 5.41) is 16.2. The second kappa shape index (κ2) is 8.54. The highest BCUT2D eigenvalue weighted by molar-refractivity contribution is 7.89. The van der Waals surface area contributed by atoms with Gasteiger partial charge in [-0.25, -0.2) is 13.6 Å². The first-order valence-electron chi connectivity index (χ1n) is 9.48. The first-order valence-corrected chi connectivity index (χ1v) is 11.0. The second-order valence-electron chi connectivity index (χ2n) is 6.79. The van der Waals surface area contributed by atoms with E-state index in [1.54, 1.807) is 21.4 Å². The number of sulfonamides is 1. The summed E-state index contributed by atoms with van der Waals surface area (Å²) in [4.78, 5) is 12.9. The summed E-state index contributed by atoms with van der Waals surface area (Å²) in [6, 6.07) is 19.4. The predicted octanol–water partition coefficient (Wildman–Crippen LogP) is 1.68. The third-order valence-corrected chi connectivity index (χ3v) is 5.59. The van der Waals surface area contributed by atoms with Gasteiger partial charge < -0.3 is 9.88 Å². The highest BCUT2D eigenvalue weighted by atomic mass is 32.2. The van der Waals surface area contributed by atoms with Crippen LogP contribution in [0.3, 0.4) is 0 Å². The van der Waals surface area contributed by atoms with Crippen LogP contribution in [-0.2, 0) is 16.4 Å². The minimum Gasteiger partial charge on any atom is -0.350 e. The van der Waals surface area contributed by atoms with Crippen molar-refractivity contribution in [2.24, 2.45) is 5.14 Å². The van der Waals surface area contributed by atoms with E-state index in [-0.39, 0.29) is 16.5 Å². The van der Waals surface area contributed by atoms with Gasteiger partial charge in [0.15, 0.2) is 11.5 Å². The van der Waals surface area contributed by atoms with Gasteiger partial charge in [-0.05, 0) is 48.4 Å². The number of nitrogens with zero attached hydrogens (tertiary/aromatic N) is 4. The summed E-state index contributed by atoms with van der Waals surface area (Å²) in [6.07, 6.45) is 4.16. The summed E-state index contributed by atoms with van der Waals surface area (Å²) in [5.74, 6) is 0.179. The number of hydrogen-bond acceptors (Lipinski definition) is 5. The van der Waals surface area contributed by atoms with Gasteiger partial charge in [-0.3, -0.25) is 4.79 Å². The number of para-hydroxylation sites is 1.